The van der Waals surface area contributed by atoms with E-state index < -0.39 is 0 Å². The van der Waals surface area contributed by atoms with Crippen LogP contribution < -0.4 is 5.32 Å². The molecule has 2 fully saturated rings. The fraction of sp³-hybridized carbons (Fsp3) is 0.556. The minimum Gasteiger partial charge on any atom is -0.367 e. The first-order valence-corrected chi connectivity index (χ1v) is 8.14. The van der Waals surface area contributed by atoms with Crippen molar-refractivity contribution in [2.75, 3.05) is 25.5 Å². The fourth-order valence-electron chi connectivity index (χ4n) is 3.30. The highest BCUT2D eigenvalue weighted by Crippen LogP contribution is 2.34. The molecule has 0 bridgehead atoms. The third-order valence-electron chi connectivity index (χ3n) is 5.06. The Balaban J connectivity index is 1.64. The van der Waals surface area contributed by atoms with Crippen molar-refractivity contribution in [3.63, 3.8) is 0 Å². The summed E-state index contributed by atoms with van der Waals surface area (Å²) in [7, 11) is 2.10. The minimum absolute atomic E-state index is 0.159. The molecule has 4 heteroatoms. The van der Waals surface area contributed by atoms with Gasteiger partial charge in [-0.2, -0.15) is 5.26 Å². The van der Waals surface area contributed by atoms with Crippen molar-refractivity contribution in [1.82, 2.24) is 4.90 Å². The molecule has 0 amide bonds. The van der Waals surface area contributed by atoms with E-state index in [1.807, 2.05) is 24.3 Å². The van der Waals surface area contributed by atoms with Gasteiger partial charge in [-0.05, 0) is 76.5 Å². The predicted molar refractivity (Wildman–Crippen MR) is 86.8 cm³/mol. The lowest BCUT2D eigenvalue weighted by atomic mass is 9.78. The number of Topliss-reactive ketones (excluding diaryl/α,β-unsaturated/α-hetero) is 1. The first-order valence-electron chi connectivity index (χ1n) is 8.14. The van der Waals surface area contributed by atoms with Crippen LogP contribution in [0.15, 0.2) is 24.3 Å². The molecule has 0 spiro atoms. The maximum atomic E-state index is 12.5. The van der Waals surface area contributed by atoms with Crippen LogP contribution in [0.5, 0.6) is 0 Å². The molecule has 3 rings (SSSR count). The Hall–Kier alpha value is -1.86. The van der Waals surface area contributed by atoms with Gasteiger partial charge in [-0.25, -0.2) is 0 Å². The maximum absolute atomic E-state index is 12.5. The molecule has 1 aliphatic heterocycles. The van der Waals surface area contributed by atoms with Crippen LogP contribution in [-0.2, 0) is 0 Å². The van der Waals surface area contributed by atoms with Gasteiger partial charge in [0.25, 0.3) is 0 Å². The summed E-state index contributed by atoms with van der Waals surface area (Å²) in [4.78, 5) is 14.8. The van der Waals surface area contributed by atoms with Gasteiger partial charge in [0.2, 0.25) is 0 Å². The molecule has 0 aromatic heterocycles. The van der Waals surface area contributed by atoms with Gasteiger partial charge in [-0.15, -0.1) is 0 Å². The highest BCUT2D eigenvalue weighted by molar-refractivity contribution is 5.98. The second-order valence-electron chi connectivity index (χ2n) is 6.69. The molecule has 4 nitrogen and oxygen atoms in total. The normalized spacial score (nSPS) is 21.6. The van der Waals surface area contributed by atoms with E-state index in [1.165, 1.54) is 0 Å². The first-order chi connectivity index (χ1) is 10.6. The van der Waals surface area contributed by atoms with Gasteiger partial charge in [0, 0.05) is 17.2 Å². The third kappa shape index (κ3) is 3.00. The van der Waals surface area contributed by atoms with E-state index in [9.17, 15) is 10.1 Å². The number of carbonyl (C=O) groups excluding carboxylic acids is 1. The van der Waals surface area contributed by atoms with Crippen LogP contribution in [0.3, 0.4) is 0 Å². The minimum atomic E-state index is -0.389. The van der Waals surface area contributed by atoms with Gasteiger partial charge < -0.3 is 10.2 Å². The zero-order valence-electron chi connectivity index (χ0n) is 13.1. The number of anilines is 1. The van der Waals surface area contributed by atoms with E-state index >= 15 is 0 Å². The molecule has 1 aliphatic carbocycles. The summed E-state index contributed by atoms with van der Waals surface area (Å²) in [6, 6.07) is 10.0. The van der Waals surface area contributed by atoms with Gasteiger partial charge in [0.1, 0.15) is 5.54 Å². The lowest BCUT2D eigenvalue weighted by molar-refractivity contribution is 0.0857. The number of hydrogen-bond acceptors (Lipinski definition) is 4. The van der Waals surface area contributed by atoms with E-state index in [0.29, 0.717) is 0 Å². The number of nitrogens with one attached hydrogen (secondary N) is 1. The largest absolute Gasteiger partial charge is 0.367 e. The fourth-order valence-corrected chi connectivity index (χ4v) is 3.30. The van der Waals surface area contributed by atoms with Crippen LogP contribution in [0, 0.1) is 17.2 Å². The third-order valence-corrected chi connectivity index (χ3v) is 5.06. The second-order valence-corrected chi connectivity index (χ2v) is 6.69. The number of nitriles is 1. The molecule has 1 saturated heterocycles. The number of benzene rings is 1. The standard InChI is InChI=1S/C18H23N3O/c1-21-11-7-15(8-12-21)17(22)14-3-5-16(6-4-14)20-18(13-19)9-2-10-18/h3-6,15,20H,2,7-12H2,1H3. The van der Waals surface area contributed by atoms with Crippen LogP contribution in [-0.4, -0.2) is 36.4 Å². The summed E-state index contributed by atoms with van der Waals surface area (Å²) in [5, 5.41) is 12.6. The quantitative estimate of drug-likeness (QED) is 0.868. The van der Waals surface area contributed by atoms with E-state index in [0.717, 1.165) is 56.4 Å². The number of rotatable bonds is 4. The Morgan fingerprint density at radius 2 is 1.91 bits per heavy atom. The van der Waals surface area contributed by atoms with Crippen LogP contribution >= 0.6 is 0 Å². The number of nitrogens with zero attached hydrogens (tertiary/aromatic N) is 2. The van der Waals surface area contributed by atoms with Crippen LogP contribution in [0.4, 0.5) is 5.69 Å². The summed E-state index contributed by atoms with van der Waals surface area (Å²) >= 11 is 0. The SMILES string of the molecule is CN1CCC(C(=O)c2ccc(NC3(C#N)CCC3)cc2)CC1. The Morgan fingerprint density at radius 1 is 1.27 bits per heavy atom. The number of carbonyl (C=O) groups is 1. The van der Waals surface area contributed by atoms with Crippen molar-refractivity contribution >= 4 is 11.5 Å². The zero-order chi connectivity index (χ0) is 15.6. The molecule has 1 heterocycles. The van der Waals surface area contributed by atoms with Crippen molar-refractivity contribution in [3.8, 4) is 6.07 Å². The number of likely N-dealkylation sites (tertiary alicyclic amines) is 1. The van der Waals surface area contributed by atoms with Crippen molar-refractivity contribution < 1.29 is 4.79 Å². The highest BCUT2D eigenvalue weighted by Gasteiger charge is 2.37. The van der Waals surface area contributed by atoms with E-state index in [4.69, 9.17) is 0 Å². The predicted octanol–water partition coefficient (Wildman–Crippen LogP) is 3.07. The molecule has 0 atom stereocenters. The van der Waals surface area contributed by atoms with Crippen LogP contribution in [0.2, 0.25) is 0 Å². The Bertz CT molecular complexity index is 575. The summed E-state index contributed by atoms with van der Waals surface area (Å²) in [5.41, 5.74) is 1.33. The molecule has 2 aliphatic rings. The topological polar surface area (TPSA) is 56.1 Å². The van der Waals surface area contributed by atoms with Gasteiger partial charge in [-0.3, -0.25) is 4.79 Å². The van der Waals surface area contributed by atoms with Gasteiger partial charge >= 0.3 is 0 Å². The maximum Gasteiger partial charge on any atom is 0.166 e. The molecule has 116 valence electrons. The van der Waals surface area contributed by atoms with Crippen molar-refractivity contribution in [2.24, 2.45) is 5.92 Å². The molecule has 1 N–H and O–H groups in total. The van der Waals surface area contributed by atoms with Crippen LogP contribution in [0.25, 0.3) is 0 Å². The molecule has 0 radical (unpaired) electrons. The smallest absolute Gasteiger partial charge is 0.166 e. The lowest BCUT2D eigenvalue weighted by Gasteiger charge is -2.36. The molecular formula is C18H23N3O. The number of hydrogen-bond donors (Lipinski definition) is 1. The molecule has 22 heavy (non-hydrogen) atoms. The zero-order valence-corrected chi connectivity index (χ0v) is 13.1. The van der Waals surface area contributed by atoms with E-state index in [1.54, 1.807) is 0 Å². The Labute approximate surface area is 132 Å². The Morgan fingerprint density at radius 3 is 2.41 bits per heavy atom. The molecule has 1 aromatic rings. The van der Waals surface area contributed by atoms with E-state index in [-0.39, 0.29) is 17.2 Å². The number of piperidine rings is 1. The summed E-state index contributed by atoms with van der Waals surface area (Å²) in [6.45, 7) is 2.00. The average Bonchev–Trinajstić information content (AvgIpc) is 2.52. The van der Waals surface area contributed by atoms with Gasteiger partial charge in [0.15, 0.2) is 5.78 Å². The second kappa shape index (κ2) is 6.10. The molecular weight excluding hydrogens is 274 g/mol. The average molecular weight is 297 g/mol. The highest BCUT2D eigenvalue weighted by atomic mass is 16.1. The van der Waals surface area contributed by atoms with Gasteiger partial charge in [-0.1, -0.05) is 0 Å². The van der Waals surface area contributed by atoms with Crippen molar-refractivity contribution in [1.29, 1.82) is 5.26 Å². The van der Waals surface area contributed by atoms with E-state index in [2.05, 4.69) is 23.3 Å². The Kier molecular flexibility index (Phi) is 4.17. The molecule has 0 unspecified atom stereocenters. The molecule has 1 aromatic carbocycles. The lowest BCUT2D eigenvalue weighted by Crippen LogP contribution is -2.43. The van der Waals surface area contributed by atoms with Crippen LogP contribution in [0.1, 0.15) is 42.5 Å². The van der Waals surface area contributed by atoms with Crippen molar-refractivity contribution in [3.05, 3.63) is 29.8 Å². The number of ketones is 1. The monoisotopic (exact) mass is 297 g/mol. The van der Waals surface area contributed by atoms with Gasteiger partial charge in [0.05, 0.1) is 6.07 Å². The molecule has 1 saturated carbocycles. The summed E-state index contributed by atoms with van der Waals surface area (Å²) in [6.07, 6.45) is 4.81. The first kappa shape index (κ1) is 15.1. The summed E-state index contributed by atoms with van der Waals surface area (Å²) in [5.74, 6) is 0.422. The van der Waals surface area contributed by atoms with Crippen molar-refractivity contribution in [2.45, 2.75) is 37.6 Å². The summed E-state index contributed by atoms with van der Waals surface area (Å²) < 4.78 is 0.